The lowest BCUT2D eigenvalue weighted by atomic mass is 9.99. The third-order valence-corrected chi connectivity index (χ3v) is 4.74. The van der Waals surface area contributed by atoms with Gasteiger partial charge in [-0.1, -0.05) is 6.07 Å². The molecule has 2 aromatic carbocycles. The van der Waals surface area contributed by atoms with Crippen molar-refractivity contribution in [3.63, 3.8) is 0 Å². The van der Waals surface area contributed by atoms with Gasteiger partial charge in [-0.3, -0.25) is 0 Å². The predicted octanol–water partition coefficient (Wildman–Crippen LogP) is 4.60. The molecule has 0 atom stereocenters. The van der Waals surface area contributed by atoms with E-state index in [1.807, 2.05) is 6.92 Å². The van der Waals surface area contributed by atoms with E-state index in [4.69, 9.17) is 23.0 Å². The molecule has 0 aliphatic heterocycles. The average Bonchev–Trinajstić information content (AvgIpc) is 3.28. The molecule has 2 heterocycles. The van der Waals surface area contributed by atoms with Crippen molar-refractivity contribution in [3.8, 4) is 28.4 Å². The third kappa shape index (κ3) is 3.41. The minimum atomic E-state index is -0.639. The normalized spacial score (nSPS) is 10.8. The molecule has 7 heteroatoms. The summed E-state index contributed by atoms with van der Waals surface area (Å²) < 4.78 is 26.4. The van der Waals surface area contributed by atoms with Crippen LogP contribution in [0, 0.1) is 6.92 Å². The molecule has 0 amide bonds. The largest absolute Gasteiger partial charge is 0.493 e. The van der Waals surface area contributed by atoms with Crippen LogP contribution in [-0.2, 0) is 0 Å². The highest BCUT2D eigenvalue weighted by atomic mass is 16.5. The van der Waals surface area contributed by atoms with E-state index in [0.717, 1.165) is 10.9 Å². The molecule has 0 radical (unpaired) electrons. The van der Waals surface area contributed by atoms with Crippen molar-refractivity contribution in [2.24, 2.45) is 0 Å². The number of rotatable bonds is 5. The molecule has 0 fully saturated rings. The molecule has 0 saturated heterocycles. The summed E-state index contributed by atoms with van der Waals surface area (Å²) in [6.07, 6.45) is 1.38. The molecule has 0 N–H and O–H groups in total. The zero-order valence-electron chi connectivity index (χ0n) is 16.6. The van der Waals surface area contributed by atoms with Crippen LogP contribution in [0.2, 0.25) is 0 Å². The van der Waals surface area contributed by atoms with Gasteiger partial charge in [0.25, 0.3) is 0 Å². The van der Waals surface area contributed by atoms with Crippen molar-refractivity contribution >= 4 is 16.9 Å². The number of methoxy groups -OCH3 is 2. The molecule has 7 nitrogen and oxygen atoms in total. The fourth-order valence-electron chi connectivity index (χ4n) is 3.28. The van der Waals surface area contributed by atoms with Crippen molar-refractivity contribution in [1.82, 2.24) is 0 Å². The van der Waals surface area contributed by atoms with Gasteiger partial charge in [0.2, 0.25) is 5.76 Å². The van der Waals surface area contributed by atoms with Gasteiger partial charge in [0.15, 0.2) is 11.5 Å². The van der Waals surface area contributed by atoms with Crippen LogP contribution in [0.4, 0.5) is 0 Å². The molecular formula is C23H18O7. The van der Waals surface area contributed by atoms with E-state index in [9.17, 15) is 9.59 Å². The maximum absolute atomic E-state index is 12.8. The number of esters is 1. The molecular weight excluding hydrogens is 388 g/mol. The number of ether oxygens (including phenoxy) is 3. The standard InChI is InChI=1S/C23H18O7/c1-13-16-8-7-15(29-22(24)18-5-4-10-28-18)12-19(16)30-23(25)21(13)14-6-9-17(26-2)20(11-14)27-3/h4-12H,1-3H3. The minimum Gasteiger partial charge on any atom is -0.493 e. The number of benzene rings is 2. The molecule has 0 unspecified atom stereocenters. The molecule has 0 spiro atoms. The van der Waals surface area contributed by atoms with Crippen LogP contribution < -0.4 is 19.8 Å². The van der Waals surface area contributed by atoms with Gasteiger partial charge in [-0.15, -0.1) is 0 Å². The Morgan fingerprint density at radius 1 is 0.967 bits per heavy atom. The number of furan rings is 1. The first-order valence-corrected chi connectivity index (χ1v) is 9.07. The molecule has 0 saturated carbocycles. The summed E-state index contributed by atoms with van der Waals surface area (Å²) >= 11 is 0. The van der Waals surface area contributed by atoms with Crippen LogP contribution in [0.25, 0.3) is 22.1 Å². The van der Waals surface area contributed by atoms with Crippen LogP contribution in [0.3, 0.4) is 0 Å². The molecule has 152 valence electrons. The van der Waals surface area contributed by atoms with Crippen LogP contribution in [0.15, 0.2) is 68.4 Å². The van der Waals surface area contributed by atoms with E-state index in [1.54, 1.807) is 43.5 Å². The Labute approximate surface area is 171 Å². The lowest BCUT2D eigenvalue weighted by Gasteiger charge is -2.12. The molecule has 2 aromatic heterocycles. The first kappa shape index (κ1) is 19.3. The summed E-state index contributed by atoms with van der Waals surface area (Å²) in [5.74, 6) is 0.753. The highest BCUT2D eigenvalue weighted by Crippen LogP contribution is 2.34. The molecule has 4 aromatic rings. The predicted molar refractivity (Wildman–Crippen MR) is 109 cm³/mol. The maximum Gasteiger partial charge on any atom is 0.379 e. The lowest BCUT2D eigenvalue weighted by molar-refractivity contribution is 0.0701. The van der Waals surface area contributed by atoms with Gasteiger partial charge in [0, 0.05) is 11.5 Å². The van der Waals surface area contributed by atoms with Gasteiger partial charge in [-0.2, -0.15) is 0 Å². The SMILES string of the molecule is COc1ccc(-c2c(C)c3ccc(OC(=O)c4ccco4)cc3oc2=O)cc1OC. The van der Waals surface area contributed by atoms with Crippen LogP contribution >= 0.6 is 0 Å². The van der Waals surface area contributed by atoms with Crippen LogP contribution in [0.5, 0.6) is 17.2 Å². The highest BCUT2D eigenvalue weighted by molar-refractivity contribution is 5.90. The third-order valence-electron chi connectivity index (χ3n) is 4.74. The molecule has 4 rings (SSSR count). The van der Waals surface area contributed by atoms with E-state index >= 15 is 0 Å². The van der Waals surface area contributed by atoms with Gasteiger partial charge in [0.05, 0.1) is 26.0 Å². The molecule has 30 heavy (non-hydrogen) atoms. The number of fused-ring (bicyclic) bond motifs is 1. The smallest absolute Gasteiger partial charge is 0.379 e. The quantitative estimate of drug-likeness (QED) is 0.272. The van der Waals surface area contributed by atoms with Crippen molar-refractivity contribution in [3.05, 3.63) is 76.5 Å². The Bertz CT molecular complexity index is 1280. The number of hydrogen-bond donors (Lipinski definition) is 0. The Balaban J connectivity index is 1.75. The Morgan fingerprint density at radius 2 is 1.77 bits per heavy atom. The number of carbonyl (C=O) groups is 1. The lowest BCUT2D eigenvalue weighted by Crippen LogP contribution is -2.08. The second-order valence-corrected chi connectivity index (χ2v) is 6.48. The van der Waals surface area contributed by atoms with Crippen molar-refractivity contribution in [2.45, 2.75) is 6.92 Å². The van der Waals surface area contributed by atoms with Gasteiger partial charge < -0.3 is 23.0 Å². The van der Waals surface area contributed by atoms with E-state index in [2.05, 4.69) is 0 Å². The van der Waals surface area contributed by atoms with Gasteiger partial charge in [-0.05, 0) is 54.4 Å². The first-order valence-electron chi connectivity index (χ1n) is 9.07. The van der Waals surface area contributed by atoms with Crippen molar-refractivity contribution < 1.29 is 27.8 Å². The van der Waals surface area contributed by atoms with Gasteiger partial charge in [0.1, 0.15) is 11.3 Å². The Kier molecular flexibility index (Phi) is 5.02. The number of carbonyl (C=O) groups excluding carboxylic acids is 1. The monoisotopic (exact) mass is 406 g/mol. The van der Waals surface area contributed by atoms with Crippen molar-refractivity contribution in [1.29, 1.82) is 0 Å². The summed E-state index contributed by atoms with van der Waals surface area (Å²) in [6.45, 7) is 1.83. The molecule has 0 aliphatic carbocycles. The number of aryl methyl sites for hydroxylation is 1. The van der Waals surface area contributed by atoms with Crippen molar-refractivity contribution in [2.75, 3.05) is 14.2 Å². The van der Waals surface area contributed by atoms with Crippen LogP contribution in [-0.4, -0.2) is 20.2 Å². The first-order chi connectivity index (χ1) is 14.5. The van der Waals surface area contributed by atoms with E-state index in [0.29, 0.717) is 28.2 Å². The average molecular weight is 406 g/mol. The fourth-order valence-corrected chi connectivity index (χ4v) is 3.28. The van der Waals surface area contributed by atoms with E-state index in [1.165, 1.54) is 25.5 Å². The summed E-state index contributed by atoms with van der Waals surface area (Å²) in [5, 5.41) is 0.720. The zero-order chi connectivity index (χ0) is 21.3. The molecule has 0 aliphatic rings. The Hall–Kier alpha value is -4.00. The summed E-state index contributed by atoms with van der Waals surface area (Å²) in [7, 11) is 3.08. The van der Waals surface area contributed by atoms with Gasteiger partial charge in [-0.25, -0.2) is 9.59 Å². The van der Waals surface area contributed by atoms with Gasteiger partial charge >= 0.3 is 11.6 Å². The zero-order valence-corrected chi connectivity index (χ0v) is 16.6. The summed E-state index contributed by atoms with van der Waals surface area (Å²) in [4.78, 5) is 24.8. The maximum atomic E-state index is 12.8. The second kappa shape index (κ2) is 7.79. The Morgan fingerprint density at radius 3 is 2.47 bits per heavy atom. The number of hydrogen-bond acceptors (Lipinski definition) is 7. The van der Waals surface area contributed by atoms with E-state index in [-0.39, 0.29) is 11.5 Å². The summed E-state index contributed by atoms with van der Waals surface area (Å²) in [6, 6.07) is 13.2. The fraction of sp³-hybridized carbons (Fsp3) is 0.130. The summed E-state index contributed by atoms with van der Waals surface area (Å²) in [5.41, 5.74) is 1.60. The van der Waals surface area contributed by atoms with Crippen LogP contribution in [0.1, 0.15) is 16.1 Å². The molecule has 0 bridgehead atoms. The minimum absolute atomic E-state index is 0.0801. The van der Waals surface area contributed by atoms with E-state index < -0.39 is 11.6 Å². The second-order valence-electron chi connectivity index (χ2n) is 6.48. The highest BCUT2D eigenvalue weighted by Gasteiger charge is 2.17. The topological polar surface area (TPSA) is 88.1 Å².